The fraction of sp³-hybridized carbons (Fsp3) is 0.429. The molecule has 102 valence electrons. The minimum absolute atomic E-state index is 0.203. The third kappa shape index (κ3) is 4.70. The van der Waals surface area contributed by atoms with E-state index >= 15 is 0 Å². The number of nitrogens with two attached hydrogens (primary N) is 1. The summed E-state index contributed by atoms with van der Waals surface area (Å²) in [6, 6.07) is 1.64. The molecular weight excluding hydrogens is 242 g/mol. The number of hydrogen-bond acceptors (Lipinski definition) is 4. The molecule has 1 rings (SSSR count). The van der Waals surface area contributed by atoms with Gasteiger partial charge in [-0.3, -0.25) is 9.78 Å². The van der Waals surface area contributed by atoms with Crippen molar-refractivity contribution in [2.24, 2.45) is 5.73 Å². The summed E-state index contributed by atoms with van der Waals surface area (Å²) < 4.78 is 5.07. The van der Waals surface area contributed by atoms with Crippen molar-refractivity contribution >= 4 is 5.91 Å². The average Bonchev–Trinajstić information content (AvgIpc) is 2.36. The van der Waals surface area contributed by atoms with E-state index in [0.717, 1.165) is 0 Å². The van der Waals surface area contributed by atoms with E-state index in [1.165, 1.54) is 0 Å². The van der Waals surface area contributed by atoms with E-state index in [2.05, 4.69) is 22.1 Å². The highest BCUT2D eigenvalue weighted by Crippen LogP contribution is 2.09. The molecule has 1 amide bonds. The van der Waals surface area contributed by atoms with Gasteiger partial charge in [0.2, 0.25) is 0 Å². The molecule has 0 atom stereocenters. The number of ether oxygens (including phenoxy) is 1. The molecule has 0 aliphatic rings. The van der Waals surface area contributed by atoms with E-state index < -0.39 is 5.54 Å². The van der Waals surface area contributed by atoms with Crippen LogP contribution in [0, 0.1) is 11.8 Å². The first-order valence-corrected chi connectivity index (χ1v) is 5.94. The Morgan fingerprint density at radius 3 is 2.95 bits per heavy atom. The molecule has 19 heavy (non-hydrogen) atoms. The molecule has 0 saturated heterocycles. The summed E-state index contributed by atoms with van der Waals surface area (Å²) in [6.45, 7) is 4.44. The van der Waals surface area contributed by atoms with Crippen LogP contribution in [0.2, 0.25) is 0 Å². The van der Waals surface area contributed by atoms with Crippen LogP contribution >= 0.6 is 0 Å². The molecule has 0 aromatic carbocycles. The largest absolute Gasteiger partial charge is 0.382 e. The second-order valence-corrected chi connectivity index (χ2v) is 4.70. The van der Waals surface area contributed by atoms with Crippen LogP contribution in [0.5, 0.6) is 0 Å². The summed E-state index contributed by atoms with van der Waals surface area (Å²) in [5.41, 5.74) is 5.94. The molecule has 0 bridgehead atoms. The molecule has 0 unspecified atom stereocenters. The van der Waals surface area contributed by atoms with Gasteiger partial charge < -0.3 is 15.8 Å². The lowest BCUT2D eigenvalue weighted by Gasteiger charge is -2.25. The molecule has 0 aliphatic carbocycles. The monoisotopic (exact) mass is 261 g/mol. The SMILES string of the molecule is COCC(C)(C)NC(=O)c1ccncc1C#CCN. The van der Waals surface area contributed by atoms with Gasteiger partial charge in [-0.05, 0) is 19.9 Å². The second-order valence-electron chi connectivity index (χ2n) is 4.70. The van der Waals surface area contributed by atoms with Crippen LogP contribution in [-0.2, 0) is 4.74 Å². The van der Waals surface area contributed by atoms with Crippen LogP contribution in [0.25, 0.3) is 0 Å². The Morgan fingerprint density at radius 2 is 2.32 bits per heavy atom. The minimum Gasteiger partial charge on any atom is -0.382 e. The number of nitrogens with zero attached hydrogens (tertiary/aromatic N) is 1. The number of rotatable bonds is 4. The summed E-state index contributed by atoms with van der Waals surface area (Å²) in [6.07, 6.45) is 3.12. The van der Waals surface area contributed by atoms with Crippen LogP contribution < -0.4 is 11.1 Å². The lowest BCUT2D eigenvalue weighted by Crippen LogP contribution is -2.47. The zero-order chi connectivity index (χ0) is 14.3. The van der Waals surface area contributed by atoms with E-state index in [1.54, 1.807) is 25.6 Å². The predicted molar refractivity (Wildman–Crippen MR) is 73.6 cm³/mol. The molecular formula is C14H19N3O2. The summed E-state index contributed by atoms with van der Waals surface area (Å²) in [4.78, 5) is 16.2. The Morgan fingerprint density at radius 1 is 1.58 bits per heavy atom. The summed E-state index contributed by atoms with van der Waals surface area (Å²) in [5.74, 6) is 5.36. The Bertz CT molecular complexity index is 501. The number of amides is 1. The van der Waals surface area contributed by atoms with Crippen molar-refractivity contribution in [3.8, 4) is 11.8 Å². The molecule has 0 radical (unpaired) electrons. The van der Waals surface area contributed by atoms with Gasteiger partial charge in [-0.2, -0.15) is 0 Å². The van der Waals surface area contributed by atoms with E-state index in [4.69, 9.17) is 10.5 Å². The van der Waals surface area contributed by atoms with Gasteiger partial charge in [0.25, 0.3) is 5.91 Å². The predicted octanol–water partition coefficient (Wildman–Crippen LogP) is 0.547. The topological polar surface area (TPSA) is 77.2 Å². The smallest absolute Gasteiger partial charge is 0.253 e. The Balaban J connectivity index is 2.94. The van der Waals surface area contributed by atoms with Crippen LogP contribution in [0.3, 0.4) is 0 Å². The third-order valence-electron chi connectivity index (χ3n) is 2.35. The highest BCUT2D eigenvalue weighted by atomic mass is 16.5. The van der Waals surface area contributed by atoms with Crippen LogP contribution in [0.15, 0.2) is 18.5 Å². The lowest BCUT2D eigenvalue weighted by atomic mass is 10.0. The summed E-state index contributed by atoms with van der Waals surface area (Å²) in [5, 5.41) is 2.90. The first kappa shape index (κ1) is 15.2. The molecule has 0 fully saturated rings. The zero-order valence-electron chi connectivity index (χ0n) is 11.5. The van der Waals surface area contributed by atoms with Gasteiger partial charge in [0.1, 0.15) is 0 Å². The van der Waals surface area contributed by atoms with Gasteiger partial charge in [0.05, 0.1) is 29.8 Å². The van der Waals surface area contributed by atoms with E-state index in [-0.39, 0.29) is 12.5 Å². The summed E-state index contributed by atoms with van der Waals surface area (Å²) in [7, 11) is 1.60. The van der Waals surface area contributed by atoms with Gasteiger partial charge in [-0.1, -0.05) is 11.8 Å². The molecule has 0 saturated carbocycles. The molecule has 0 aliphatic heterocycles. The van der Waals surface area contributed by atoms with Crippen molar-refractivity contribution in [2.45, 2.75) is 19.4 Å². The fourth-order valence-corrected chi connectivity index (χ4v) is 1.61. The van der Waals surface area contributed by atoms with Crippen molar-refractivity contribution in [1.82, 2.24) is 10.3 Å². The molecule has 0 spiro atoms. The molecule has 5 nitrogen and oxygen atoms in total. The standard InChI is InChI=1S/C14H19N3O2/c1-14(2,10-19-3)17-13(18)12-6-8-16-9-11(12)5-4-7-15/h6,8-9H,7,10,15H2,1-3H3,(H,17,18). The number of hydrogen-bond donors (Lipinski definition) is 2. The van der Waals surface area contributed by atoms with Crippen molar-refractivity contribution in [3.05, 3.63) is 29.6 Å². The summed E-state index contributed by atoms with van der Waals surface area (Å²) >= 11 is 0. The van der Waals surface area contributed by atoms with Crippen LogP contribution in [0.1, 0.15) is 29.8 Å². The highest BCUT2D eigenvalue weighted by molar-refractivity contribution is 5.97. The number of aromatic nitrogens is 1. The number of pyridine rings is 1. The molecule has 3 N–H and O–H groups in total. The first-order valence-electron chi connectivity index (χ1n) is 5.94. The van der Waals surface area contributed by atoms with Crippen molar-refractivity contribution in [1.29, 1.82) is 0 Å². The van der Waals surface area contributed by atoms with Crippen molar-refractivity contribution < 1.29 is 9.53 Å². The van der Waals surface area contributed by atoms with Gasteiger partial charge in [-0.15, -0.1) is 0 Å². The lowest BCUT2D eigenvalue weighted by molar-refractivity contribution is 0.0819. The number of carbonyl (C=O) groups is 1. The molecule has 1 aromatic heterocycles. The Labute approximate surface area is 113 Å². The van der Waals surface area contributed by atoms with Crippen molar-refractivity contribution in [2.75, 3.05) is 20.3 Å². The quantitative estimate of drug-likeness (QED) is 0.776. The van der Waals surface area contributed by atoms with Gasteiger partial charge in [-0.25, -0.2) is 0 Å². The second kappa shape index (κ2) is 6.88. The maximum Gasteiger partial charge on any atom is 0.253 e. The van der Waals surface area contributed by atoms with E-state index in [1.807, 2.05) is 13.8 Å². The van der Waals surface area contributed by atoms with Crippen LogP contribution in [-0.4, -0.2) is 36.7 Å². The maximum absolute atomic E-state index is 12.2. The third-order valence-corrected chi connectivity index (χ3v) is 2.35. The normalized spacial score (nSPS) is 10.5. The number of nitrogens with one attached hydrogen (secondary N) is 1. The fourth-order valence-electron chi connectivity index (χ4n) is 1.61. The van der Waals surface area contributed by atoms with Gasteiger partial charge >= 0.3 is 0 Å². The first-order chi connectivity index (χ1) is 9.00. The number of carbonyl (C=O) groups excluding carboxylic acids is 1. The van der Waals surface area contributed by atoms with E-state index in [9.17, 15) is 4.79 Å². The molecule has 1 aromatic rings. The Kier molecular flexibility index (Phi) is 5.49. The minimum atomic E-state index is -0.451. The molecule has 1 heterocycles. The highest BCUT2D eigenvalue weighted by Gasteiger charge is 2.22. The van der Waals surface area contributed by atoms with Crippen LogP contribution in [0.4, 0.5) is 0 Å². The molecule has 5 heteroatoms. The van der Waals surface area contributed by atoms with Crippen molar-refractivity contribution in [3.63, 3.8) is 0 Å². The zero-order valence-corrected chi connectivity index (χ0v) is 11.5. The van der Waals surface area contributed by atoms with Gasteiger partial charge in [0.15, 0.2) is 0 Å². The van der Waals surface area contributed by atoms with Gasteiger partial charge in [0, 0.05) is 19.5 Å². The van der Waals surface area contributed by atoms with E-state index in [0.29, 0.717) is 17.7 Å². The number of methoxy groups -OCH3 is 1. The maximum atomic E-state index is 12.2. The Hall–Kier alpha value is -1.90. The average molecular weight is 261 g/mol.